The van der Waals surface area contributed by atoms with Crippen LogP contribution in [0.3, 0.4) is 0 Å². The van der Waals surface area contributed by atoms with Gasteiger partial charge < -0.3 is 5.32 Å². The summed E-state index contributed by atoms with van der Waals surface area (Å²) in [5.41, 5.74) is 1.11. The number of anilines is 2. The Bertz CT molecular complexity index is 726. The molecule has 0 aromatic carbocycles. The largest absolute Gasteiger partial charge is 0.309 e. The van der Waals surface area contributed by atoms with Gasteiger partial charge in [-0.1, -0.05) is 17.7 Å². The van der Waals surface area contributed by atoms with Crippen molar-refractivity contribution in [1.82, 2.24) is 29.9 Å². The molecule has 0 unspecified atom stereocenters. The van der Waals surface area contributed by atoms with Gasteiger partial charge in [0, 0.05) is 13.2 Å². The Morgan fingerprint density at radius 1 is 1.20 bits per heavy atom. The fourth-order valence-corrected chi connectivity index (χ4v) is 1.80. The number of aromatic nitrogens is 6. The number of hydrogen-bond donors (Lipinski definition) is 1. The summed E-state index contributed by atoms with van der Waals surface area (Å²) >= 11 is 6.10. The summed E-state index contributed by atoms with van der Waals surface area (Å²) in [6, 6.07) is 5.52. The van der Waals surface area contributed by atoms with Gasteiger partial charge in [-0.2, -0.15) is 15.0 Å². The second-order valence-corrected chi connectivity index (χ2v) is 4.36. The van der Waals surface area contributed by atoms with Gasteiger partial charge in [0.1, 0.15) is 17.2 Å². The molecule has 3 aromatic heterocycles. The quantitative estimate of drug-likeness (QED) is 0.794. The zero-order valence-electron chi connectivity index (χ0n) is 10.5. The molecule has 3 heterocycles. The molecule has 0 saturated carbocycles. The van der Waals surface area contributed by atoms with E-state index in [-0.39, 0.29) is 0 Å². The Kier molecular flexibility index (Phi) is 3.26. The molecule has 0 aliphatic carbocycles. The first-order valence-corrected chi connectivity index (χ1v) is 6.17. The van der Waals surface area contributed by atoms with Crippen LogP contribution in [-0.2, 0) is 7.05 Å². The van der Waals surface area contributed by atoms with Gasteiger partial charge in [0.15, 0.2) is 0 Å². The van der Waals surface area contributed by atoms with E-state index in [0.29, 0.717) is 28.2 Å². The van der Waals surface area contributed by atoms with Crippen LogP contribution in [0.5, 0.6) is 0 Å². The topological polar surface area (TPSA) is 81.4 Å². The van der Waals surface area contributed by atoms with Crippen LogP contribution in [0.15, 0.2) is 36.8 Å². The second-order valence-electron chi connectivity index (χ2n) is 3.95. The van der Waals surface area contributed by atoms with E-state index in [4.69, 9.17) is 11.6 Å². The third kappa shape index (κ3) is 2.57. The Balaban J connectivity index is 1.94. The highest BCUT2D eigenvalue weighted by Gasteiger charge is 2.11. The number of nitrogens with one attached hydrogen (secondary N) is 1. The average molecular weight is 288 g/mol. The van der Waals surface area contributed by atoms with Crippen molar-refractivity contribution in [2.75, 3.05) is 5.32 Å². The average Bonchev–Trinajstić information content (AvgIpc) is 2.89. The van der Waals surface area contributed by atoms with Crippen LogP contribution in [0.1, 0.15) is 0 Å². The van der Waals surface area contributed by atoms with Crippen molar-refractivity contribution in [3.8, 4) is 11.4 Å². The summed E-state index contributed by atoms with van der Waals surface area (Å²) < 4.78 is 0. The summed E-state index contributed by atoms with van der Waals surface area (Å²) in [5.74, 6) is 1.05. The van der Waals surface area contributed by atoms with Crippen molar-refractivity contribution in [2.45, 2.75) is 0 Å². The molecule has 100 valence electrons. The standard InChI is InChI=1S/C12H10ClN7/c1-20-16-7-9(19-20)11-8(13)6-15-12(18-11)17-10-4-2-3-5-14-10/h2-7H,1H3,(H,14,15,17,18). The maximum absolute atomic E-state index is 6.10. The molecule has 0 bridgehead atoms. The minimum Gasteiger partial charge on any atom is -0.309 e. The zero-order chi connectivity index (χ0) is 13.9. The lowest BCUT2D eigenvalue weighted by molar-refractivity contribution is 0.655. The number of halogens is 1. The van der Waals surface area contributed by atoms with E-state index in [9.17, 15) is 0 Å². The molecule has 8 heteroatoms. The second kappa shape index (κ2) is 5.22. The van der Waals surface area contributed by atoms with Crippen LogP contribution in [0.4, 0.5) is 11.8 Å². The van der Waals surface area contributed by atoms with Crippen molar-refractivity contribution in [2.24, 2.45) is 7.05 Å². The van der Waals surface area contributed by atoms with Gasteiger partial charge in [-0.15, -0.1) is 0 Å². The summed E-state index contributed by atoms with van der Waals surface area (Å²) in [6.45, 7) is 0. The number of rotatable bonds is 3. The van der Waals surface area contributed by atoms with E-state index in [2.05, 4.69) is 30.5 Å². The fourth-order valence-electron chi connectivity index (χ4n) is 1.61. The Hall–Kier alpha value is -2.54. The summed E-state index contributed by atoms with van der Waals surface area (Å²) in [6.07, 6.45) is 4.80. The number of hydrogen-bond acceptors (Lipinski definition) is 6. The third-order valence-corrected chi connectivity index (χ3v) is 2.77. The van der Waals surface area contributed by atoms with E-state index in [0.717, 1.165) is 0 Å². The van der Waals surface area contributed by atoms with Gasteiger partial charge in [-0.3, -0.25) is 0 Å². The van der Waals surface area contributed by atoms with Crippen LogP contribution < -0.4 is 5.32 Å². The first-order valence-electron chi connectivity index (χ1n) is 5.79. The van der Waals surface area contributed by atoms with Crippen LogP contribution in [0.2, 0.25) is 5.02 Å². The van der Waals surface area contributed by atoms with Crippen molar-refractivity contribution in [3.63, 3.8) is 0 Å². The maximum Gasteiger partial charge on any atom is 0.229 e. The van der Waals surface area contributed by atoms with Gasteiger partial charge in [-0.25, -0.2) is 15.0 Å². The molecule has 0 fully saturated rings. The highest BCUT2D eigenvalue weighted by Crippen LogP contribution is 2.24. The molecule has 3 aromatic rings. The summed E-state index contributed by atoms with van der Waals surface area (Å²) in [5, 5.41) is 11.6. The van der Waals surface area contributed by atoms with Crippen LogP contribution in [0, 0.1) is 0 Å². The molecule has 1 N–H and O–H groups in total. The molecular formula is C12H10ClN7. The number of pyridine rings is 1. The molecule has 0 spiro atoms. The monoisotopic (exact) mass is 287 g/mol. The van der Waals surface area contributed by atoms with E-state index in [1.807, 2.05) is 18.2 Å². The Morgan fingerprint density at radius 3 is 2.80 bits per heavy atom. The summed E-state index contributed by atoms with van der Waals surface area (Å²) in [4.78, 5) is 14.0. The summed E-state index contributed by atoms with van der Waals surface area (Å²) in [7, 11) is 1.73. The first kappa shape index (κ1) is 12.5. The van der Waals surface area contributed by atoms with Crippen LogP contribution >= 0.6 is 11.6 Å². The molecule has 3 rings (SSSR count). The van der Waals surface area contributed by atoms with Crippen molar-refractivity contribution >= 4 is 23.4 Å². The lowest BCUT2D eigenvalue weighted by Gasteiger charge is -2.05. The molecule has 0 aliphatic rings. The van der Waals surface area contributed by atoms with E-state index in [1.54, 1.807) is 19.4 Å². The molecule has 0 radical (unpaired) electrons. The van der Waals surface area contributed by atoms with Crippen LogP contribution in [-0.4, -0.2) is 29.9 Å². The van der Waals surface area contributed by atoms with Crippen molar-refractivity contribution in [1.29, 1.82) is 0 Å². The number of aryl methyl sites for hydroxylation is 1. The Labute approximate surface area is 119 Å². The molecular weight excluding hydrogens is 278 g/mol. The van der Waals surface area contributed by atoms with Crippen LogP contribution in [0.25, 0.3) is 11.4 Å². The molecule has 0 aliphatic heterocycles. The lowest BCUT2D eigenvalue weighted by atomic mass is 10.3. The smallest absolute Gasteiger partial charge is 0.229 e. The lowest BCUT2D eigenvalue weighted by Crippen LogP contribution is -2.00. The molecule has 7 nitrogen and oxygen atoms in total. The van der Waals surface area contributed by atoms with Gasteiger partial charge >= 0.3 is 0 Å². The predicted octanol–water partition coefficient (Wildman–Crippen LogP) is 2.06. The normalized spacial score (nSPS) is 10.5. The number of nitrogens with zero attached hydrogens (tertiary/aromatic N) is 6. The fraction of sp³-hybridized carbons (Fsp3) is 0.0833. The molecule has 20 heavy (non-hydrogen) atoms. The molecule has 0 saturated heterocycles. The van der Waals surface area contributed by atoms with E-state index < -0.39 is 0 Å². The van der Waals surface area contributed by atoms with Gasteiger partial charge in [0.2, 0.25) is 5.95 Å². The third-order valence-electron chi connectivity index (χ3n) is 2.49. The zero-order valence-corrected chi connectivity index (χ0v) is 11.3. The van der Waals surface area contributed by atoms with Gasteiger partial charge in [0.05, 0.1) is 17.4 Å². The minimum atomic E-state index is 0.397. The minimum absolute atomic E-state index is 0.397. The van der Waals surface area contributed by atoms with E-state index in [1.165, 1.54) is 11.0 Å². The first-order chi connectivity index (χ1) is 9.72. The predicted molar refractivity (Wildman–Crippen MR) is 74.6 cm³/mol. The van der Waals surface area contributed by atoms with E-state index >= 15 is 0 Å². The maximum atomic E-state index is 6.10. The highest BCUT2D eigenvalue weighted by atomic mass is 35.5. The SMILES string of the molecule is Cn1ncc(-c2nc(Nc3ccccn3)ncc2Cl)n1. The van der Waals surface area contributed by atoms with Crippen molar-refractivity contribution < 1.29 is 0 Å². The Morgan fingerprint density at radius 2 is 2.10 bits per heavy atom. The van der Waals surface area contributed by atoms with Gasteiger partial charge in [-0.05, 0) is 12.1 Å². The van der Waals surface area contributed by atoms with Crippen molar-refractivity contribution in [3.05, 3.63) is 41.8 Å². The molecule has 0 atom stereocenters. The molecule has 0 amide bonds. The highest BCUT2D eigenvalue weighted by molar-refractivity contribution is 6.32. The van der Waals surface area contributed by atoms with Gasteiger partial charge in [0.25, 0.3) is 0 Å².